The summed E-state index contributed by atoms with van der Waals surface area (Å²) in [4.78, 5) is 24.9. The van der Waals surface area contributed by atoms with Crippen LogP contribution >= 0.6 is 0 Å². The Morgan fingerprint density at radius 1 is 1.19 bits per heavy atom. The van der Waals surface area contributed by atoms with Crippen LogP contribution in [0.3, 0.4) is 0 Å². The summed E-state index contributed by atoms with van der Waals surface area (Å²) in [7, 11) is 0. The molecule has 3 atom stereocenters. The standard InChI is InChI=1S/C18H22N4O2.C2HF3O2/c1-2-16(23)20-15-5-3-11(4-6-15)17-21-18(24-22-17)12-7-13-9-19-10-14(13)8-12;3-2(4,5)1(6)7/h3-6,12-14,19H,2,7-10H2,1H3,(H,20,23);(H,6,7)/t12?,13-,14+;. The molecule has 168 valence electrons. The molecule has 0 bridgehead atoms. The van der Waals surface area contributed by atoms with E-state index in [1.54, 1.807) is 0 Å². The summed E-state index contributed by atoms with van der Waals surface area (Å²) in [6.07, 6.45) is -2.34. The third-order valence-electron chi connectivity index (χ3n) is 5.44. The predicted octanol–water partition coefficient (Wildman–Crippen LogP) is 3.43. The first-order valence-electron chi connectivity index (χ1n) is 9.92. The molecule has 1 aromatic carbocycles. The Labute approximate surface area is 176 Å². The van der Waals surface area contributed by atoms with Crippen molar-refractivity contribution in [3.05, 3.63) is 30.2 Å². The number of nitrogens with one attached hydrogen (secondary N) is 2. The summed E-state index contributed by atoms with van der Waals surface area (Å²) in [6.45, 7) is 4.07. The van der Waals surface area contributed by atoms with Gasteiger partial charge in [0.05, 0.1) is 0 Å². The number of nitrogens with zero attached hydrogens (tertiary/aromatic N) is 2. The van der Waals surface area contributed by atoms with E-state index in [0.29, 0.717) is 18.2 Å². The van der Waals surface area contributed by atoms with Crippen LogP contribution in [-0.4, -0.2) is 46.4 Å². The molecule has 31 heavy (non-hydrogen) atoms. The van der Waals surface area contributed by atoms with Crippen molar-refractivity contribution in [3.63, 3.8) is 0 Å². The van der Waals surface area contributed by atoms with Crippen molar-refractivity contribution in [1.29, 1.82) is 0 Å². The van der Waals surface area contributed by atoms with Gasteiger partial charge >= 0.3 is 12.1 Å². The summed E-state index contributed by atoms with van der Waals surface area (Å²) in [5, 5.41) is 17.6. The molecule has 8 nitrogen and oxygen atoms in total. The van der Waals surface area contributed by atoms with E-state index in [4.69, 9.17) is 14.4 Å². The largest absolute Gasteiger partial charge is 0.490 e. The topological polar surface area (TPSA) is 117 Å². The highest BCUT2D eigenvalue weighted by Crippen LogP contribution is 2.43. The second-order valence-electron chi connectivity index (χ2n) is 7.58. The summed E-state index contributed by atoms with van der Waals surface area (Å²) in [5.41, 5.74) is 1.68. The molecule has 1 aliphatic carbocycles. The van der Waals surface area contributed by atoms with E-state index < -0.39 is 12.1 Å². The van der Waals surface area contributed by atoms with Crippen molar-refractivity contribution >= 4 is 17.6 Å². The Morgan fingerprint density at radius 2 is 1.77 bits per heavy atom. The molecule has 2 heterocycles. The number of carbonyl (C=O) groups is 2. The van der Waals surface area contributed by atoms with Crippen molar-refractivity contribution in [2.45, 2.75) is 38.3 Å². The lowest BCUT2D eigenvalue weighted by atomic mass is 10.0. The van der Waals surface area contributed by atoms with E-state index in [9.17, 15) is 18.0 Å². The quantitative estimate of drug-likeness (QED) is 0.667. The number of rotatable bonds is 4. The van der Waals surface area contributed by atoms with Crippen molar-refractivity contribution in [2.24, 2.45) is 11.8 Å². The van der Waals surface area contributed by atoms with Gasteiger partial charge in [-0.2, -0.15) is 18.2 Å². The Balaban J connectivity index is 0.000000339. The van der Waals surface area contributed by atoms with E-state index in [1.807, 2.05) is 31.2 Å². The molecule has 3 N–H and O–H groups in total. The minimum atomic E-state index is -5.08. The van der Waals surface area contributed by atoms with Gasteiger partial charge in [0.1, 0.15) is 0 Å². The van der Waals surface area contributed by atoms with E-state index >= 15 is 0 Å². The normalized spacial score (nSPS) is 22.4. The maximum Gasteiger partial charge on any atom is 0.490 e. The van der Waals surface area contributed by atoms with Gasteiger partial charge < -0.3 is 20.3 Å². The average Bonchev–Trinajstić information content (AvgIpc) is 3.44. The van der Waals surface area contributed by atoms with Gasteiger partial charge in [-0.15, -0.1) is 0 Å². The van der Waals surface area contributed by atoms with Crippen LogP contribution in [0.15, 0.2) is 28.8 Å². The smallest absolute Gasteiger partial charge is 0.475 e. The fourth-order valence-corrected chi connectivity index (χ4v) is 3.84. The van der Waals surface area contributed by atoms with Gasteiger partial charge in [-0.3, -0.25) is 4.79 Å². The van der Waals surface area contributed by atoms with E-state index in [-0.39, 0.29) is 5.91 Å². The number of hydrogen-bond acceptors (Lipinski definition) is 6. The highest BCUT2D eigenvalue weighted by molar-refractivity contribution is 5.90. The zero-order chi connectivity index (χ0) is 22.6. The van der Waals surface area contributed by atoms with Crippen molar-refractivity contribution in [2.75, 3.05) is 18.4 Å². The summed E-state index contributed by atoms with van der Waals surface area (Å²) < 4.78 is 37.3. The highest BCUT2D eigenvalue weighted by Gasteiger charge is 2.40. The van der Waals surface area contributed by atoms with Crippen LogP contribution in [0.1, 0.15) is 38.0 Å². The molecule has 11 heteroatoms. The third-order valence-corrected chi connectivity index (χ3v) is 5.44. The van der Waals surface area contributed by atoms with Crippen molar-refractivity contribution in [3.8, 4) is 11.4 Å². The first-order valence-corrected chi connectivity index (χ1v) is 9.92. The molecule has 1 aromatic heterocycles. The number of carboxylic acid groups (broad SMARTS) is 1. The van der Waals surface area contributed by atoms with E-state index in [2.05, 4.69) is 20.8 Å². The van der Waals surface area contributed by atoms with Gasteiger partial charge in [-0.05, 0) is 62.0 Å². The minimum absolute atomic E-state index is 0.00543. The van der Waals surface area contributed by atoms with Gasteiger partial charge in [-0.25, -0.2) is 4.79 Å². The SMILES string of the molecule is CCC(=O)Nc1ccc(-c2noc(C3C[C@H]4CNC[C@H]4C3)n2)cc1.O=C(O)C(F)(F)F. The third kappa shape index (κ3) is 5.81. The molecular formula is C20H23F3N4O4. The molecule has 4 rings (SSSR count). The Hall–Kier alpha value is -2.95. The first kappa shape index (κ1) is 22.7. The molecule has 1 amide bonds. The fourth-order valence-electron chi connectivity index (χ4n) is 3.84. The van der Waals surface area contributed by atoms with Crippen molar-refractivity contribution in [1.82, 2.24) is 15.5 Å². The predicted molar refractivity (Wildman–Crippen MR) is 104 cm³/mol. The Kier molecular flexibility index (Phi) is 6.94. The summed E-state index contributed by atoms with van der Waals surface area (Å²) in [6, 6.07) is 7.55. The van der Waals surface area contributed by atoms with E-state index in [0.717, 1.165) is 54.9 Å². The molecule has 1 aliphatic heterocycles. The molecule has 1 unspecified atom stereocenters. The van der Waals surface area contributed by atoms with Gasteiger partial charge in [-0.1, -0.05) is 12.1 Å². The average molecular weight is 440 g/mol. The second kappa shape index (κ2) is 9.46. The second-order valence-corrected chi connectivity index (χ2v) is 7.58. The van der Waals surface area contributed by atoms with Crippen LogP contribution in [0.25, 0.3) is 11.4 Å². The zero-order valence-electron chi connectivity index (χ0n) is 16.8. The number of carboxylic acids is 1. The summed E-state index contributed by atoms with van der Waals surface area (Å²) in [5.74, 6) is 0.541. The zero-order valence-corrected chi connectivity index (χ0v) is 16.8. The number of anilines is 1. The highest BCUT2D eigenvalue weighted by atomic mass is 19.4. The van der Waals surface area contributed by atoms with Crippen LogP contribution in [0.5, 0.6) is 0 Å². The lowest BCUT2D eigenvalue weighted by molar-refractivity contribution is -0.192. The van der Waals surface area contributed by atoms with E-state index in [1.165, 1.54) is 0 Å². The number of benzene rings is 1. The number of aliphatic carboxylic acids is 1. The Bertz CT molecular complexity index is 902. The molecule has 2 aromatic rings. The molecule has 2 aliphatic rings. The van der Waals surface area contributed by atoms with Crippen LogP contribution in [0, 0.1) is 11.8 Å². The molecule has 1 saturated heterocycles. The van der Waals surface area contributed by atoms with Crippen LogP contribution in [0.4, 0.5) is 18.9 Å². The van der Waals surface area contributed by atoms with Gasteiger partial charge in [0.2, 0.25) is 17.6 Å². The number of alkyl halides is 3. The van der Waals surface area contributed by atoms with Crippen molar-refractivity contribution < 1.29 is 32.4 Å². The molecular weight excluding hydrogens is 417 g/mol. The first-order chi connectivity index (χ1) is 14.7. The monoisotopic (exact) mass is 440 g/mol. The van der Waals surface area contributed by atoms with Gasteiger partial charge in [0, 0.05) is 23.6 Å². The number of halogens is 3. The fraction of sp³-hybridized carbons (Fsp3) is 0.500. The summed E-state index contributed by atoms with van der Waals surface area (Å²) >= 11 is 0. The number of amides is 1. The molecule has 1 saturated carbocycles. The Morgan fingerprint density at radius 3 is 2.29 bits per heavy atom. The lowest BCUT2D eigenvalue weighted by Gasteiger charge is -2.05. The minimum Gasteiger partial charge on any atom is -0.475 e. The lowest BCUT2D eigenvalue weighted by Crippen LogP contribution is -2.21. The van der Waals surface area contributed by atoms with Crippen LogP contribution in [-0.2, 0) is 9.59 Å². The number of aromatic nitrogens is 2. The molecule has 0 spiro atoms. The maximum absolute atomic E-state index is 11.4. The van der Waals surface area contributed by atoms with Crippen LogP contribution in [0.2, 0.25) is 0 Å². The maximum atomic E-state index is 11.4. The number of fused-ring (bicyclic) bond motifs is 1. The number of hydrogen-bond donors (Lipinski definition) is 3. The number of carbonyl (C=O) groups excluding carboxylic acids is 1. The molecule has 0 radical (unpaired) electrons. The molecule has 2 fully saturated rings. The van der Waals surface area contributed by atoms with Crippen LogP contribution < -0.4 is 10.6 Å². The van der Waals surface area contributed by atoms with Gasteiger partial charge in [0.15, 0.2) is 0 Å². The van der Waals surface area contributed by atoms with Gasteiger partial charge in [0.25, 0.3) is 0 Å².